The van der Waals surface area contributed by atoms with Crippen LogP contribution in [-0.4, -0.2) is 37.9 Å². The molecule has 0 heterocycles. The van der Waals surface area contributed by atoms with Crippen LogP contribution in [0.3, 0.4) is 0 Å². The van der Waals surface area contributed by atoms with E-state index < -0.39 is 6.10 Å². The van der Waals surface area contributed by atoms with Crippen LogP contribution in [0, 0.1) is 0 Å². The molecule has 0 aromatic heterocycles. The molecule has 0 spiro atoms. The molecular formula is C51H86O5. The van der Waals surface area contributed by atoms with Crippen molar-refractivity contribution in [3.05, 3.63) is 85.1 Å². The van der Waals surface area contributed by atoms with Crippen LogP contribution in [-0.2, 0) is 23.8 Å². The van der Waals surface area contributed by atoms with Gasteiger partial charge in [-0.05, 0) is 83.5 Å². The molecule has 0 radical (unpaired) electrons. The Labute approximate surface area is 346 Å². The Morgan fingerprint density at radius 3 is 1.41 bits per heavy atom. The zero-order valence-corrected chi connectivity index (χ0v) is 36.6. The van der Waals surface area contributed by atoms with E-state index in [1.807, 2.05) is 0 Å². The predicted molar refractivity (Wildman–Crippen MR) is 242 cm³/mol. The van der Waals surface area contributed by atoms with Gasteiger partial charge in [-0.15, -0.1) is 0 Å². The molecule has 0 fully saturated rings. The first kappa shape index (κ1) is 53.1. The van der Waals surface area contributed by atoms with Crippen LogP contribution >= 0.6 is 0 Å². The van der Waals surface area contributed by atoms with Crippen LogP contribution in [0.1, 0.15) is 201 Å². The minimum absolute atomic E-state index is 0.0478. The summed E-state index contributed by atoms with van der Waals surface area (Å²) in [6.07, 6.45) is 60.1. The quantitative estimate of drug-likeness (QED) is 0.0351. The number of rotatable bonds is 41. The van der Waals surface area contributed by atoms with Gasteiger partial charge in [0.25, 0.3) is 0 Å². The summed E-state index contributed by atoms with van der Waals surface area (Å²) in [5.41, 5.74) is 0. The number of hydrogen-bond donors (Lipinski definition) is 0. The predicted octanol–water partition coefficient (Wildman–Crippen LogP) is 15.3. The average Bonchev–Trinajstić information content (AvgIpc) is 3.20. The SMILES string of the molecule is CC/C=C\C/C=C\C/C=C\C/C=C\C/C=C\CCCC(=O)OCC(COCCCCCCCCCCCC)OC(=O)CCCCCCC/C=C\C/C=C\CCC. The normalized spacial score (nSPS) is 13.0. The smallest absolute Gasteiger partial charge is 0.306 e. The van der Waals surface area contributed by atoms with E-state index >= 15 is 0 Å². The molecule has 5 nitrogen and oxygen atoms in total. The molecule has 0 aliphatic heterocycles. The van der Waals surface area contributed by atoms with E-state index in [0.717, 1.165) is 96.3 Å². The summed E-state index contributed by atoms with van der Waals surface area (Å²) in [6, 6.07) is 0. The second-order valence-corrected chi connectivity index (χ2v) is 14.9. The largest absolute Gasteiger partial charge is 0.462 e. The number of unbranched alkanes of at least 4 members (excludes halogenated alkanes) is 16. The molecule has 0 aromatic rings. The van der Waals surface area contributed by atoms with Crippen LogP contribution in [0.4, 0.5) is 0 Å². The first-order chi connectivity index (χ1) is 27.6. The van der Waals surface area contributed by atoms with Crippen LogP contribution < -0.4 is 0 Å². The van der Waals surface area contributed by atoms with E-state index in [-0.39, 0.29) is 25.2 Å². The Hall–Kier alpha value is -2.92. The summed E-state index contributed by atoms with van der Waals surface area (Å²) < 4.78 is 17.2. The van der Waals surface area contributed by atoms with Crippen molar-refractivity contribution in [2.45, 2.75) is 207 Å². The van der Waals surface area contributed by atoms with Crippen molar-refractivity contribution < 1.29 is 23.8 Å². The maximum atomic E-state index is 12.7. The fraction of sp³-hybridized carbons (Fsp3) is 0.686. The van der Waals surface area contributed by atoms with E-state index in [9.17, 15) is 9.59 Å². The van der Waals surface area contributed by atoms with Crippen molar-refractivity contribution in [1.82, 2.24) is 0 Å². The lowest BCUT2D eigenvalue weighted by molar-refractivity contribution is -0.163. The Morgan fingerprint density at radius 1 is 0.411 bits per heavy atom. The highest BCUT2D eigenvalue weighted by Gasteiger charge is 2.17. The van der Waals surface area contributed by atoms with Crippen LogP contribution in [0.25, 0.3) is 0 Å². The zero-order valence-electron chi connectivity index (χ0n) is 36.6. The highest BCUT2D eigenvalue weighted by molar-refractivity contribution is 5.70. The van der Waals surface area contributed by atoms with Crippen LogP contribution in [0.2, 0.25) is 0 Å². The van der Waals surface area contributed by atoms with Crippen molar-refractivity contribution in [1.29, 1.82) is 0 Å². The Bertz CT molecular complexity index is 1060. The van der Waals surface area contributed by atoms with E-state index in [2.05, 4.69) is 106 Å². The van der Waals surface area contributed by atoms with E-state index in [0.29, 0.717) is 19.4 Å². The monoisotopic (exact) mass is 779 g/mol. The van der Waals surface area contributed by atoms with Gasteiger partial charge in [0.05, 0.1) is 6.61 Å². The number of hydrogen-bond acceptors (Lipinski definition) is 5. The molecule has 56 heavy (non-hydrogen) atoms. The molecule has 0 aliphatic rings. The molecule has 0 aromatic carbocycles. The molecular weight excluding hydrogens is 693 g/mol. The number of esters is 2. The molecule has 0 saturated heterocycles. The maximum Gasteiger partial charge on any atom is 0.306 e. The summed E-state index contributed by atoms with van der Waals surface area (Å²) in [4.78, 5) is 25.2. The third-order valence-electron chi connectivity index (χ3n) is 9.40. The number of carbonyl (C=O) groups is 2. The lowest BCUT2D eigenvalue weighted by Gasteiger charge is -2.18. The van der Waals surface area contributed by atoms with E-state index in [1.54, 1.807) is 0 Å². The van der Waals surface area contributed by atoms with Gasteiger partial charge in [0.15, 0.2) is 6.10 Å². The zero-order chi connectivity index (χ0) is 40.7. The van der Waals surface area contributed by atoms with E-state index in [1.165, 1.54) is 70.6 Å². The van der Waals surface area contributed by atoms with Gasteiger partial charge in [0.1, 0.15) is 6.61 Å². The summed E-state index contributed by atoms with van der Waals surface area (Å²) >= 11 is 0. The van der Waals surface area contributed by atoms with Gasteiger partial charge in [0.2, 0.25) is 0 Å². The second kappa shape index (κ2) is 46.5. The molecule has 0 amide bonds. The van der Waals surface area contributed by atoms with Crippen molar-refractivity contribution in [3.63, 3.8) is 0 Å². The first-order valence-corrected chi connectivity index (χ1v) is 23.1. The Balaban J connectivity index is 4.36. The van der Waals surface area contributed by atoms with E-state index in [4.69, 9.17) is 14.2 Å². The molecule has 1 atom stereocenters. The van der Waals surface area contributed by atoms with Crippen molar-refractivity contribution in [2.24, 2.45) is 0 Å². The van der Waals surface area contributed by atoms with Crippen LogP contribution in [0.15, 0.2) is 85.1 Å². The van der Waals surface area contributed by atoms with Gasteiger partial charge in [-0.3, -0.25) is 9.59 Å². The molecule has 5 heteroatoms. The highest BCUT2D eigenvalue weighted by atomic mass is 16.6. The number of ether oxygens (including phenoxy) is 3. The second-order valence-electron chi connectivity index (χ2n) is 14.9. The Kier molecular flexibility index (Phi) is 44.0. The van der Waals surface area contributed by atoms with Gasteiger partial charge in [-0.25, -0.2) is 0 Å². The van der Waals surface area contributed by atoms with Gasteiger partial charge in [-0.2, -0.15) is 0 Å². The molecule has 0 N–H and O–H groups in total. The molecule has 0 saturated carbocycles. The third kappa shape index (κ3) is 43.8. The minimum Gasteiger partial charge on any atom is -0.462 e. The van der Waals surface area contributed by atoms with Gasteiger partial charge < -0.3 is 14.2 Å². The standard InChI is InChI=1S/C51H86O5/c1-4-7-10-13-16-19-22-24-25-26-27-29-30-32-35-38-41-44-50(52)55-48-49(47-54-46-43-40-37-34-21-18-15-12-9-6-3)56-51(53)45-42-39-36-33-31-28-23-20-17-14-11-8-5-2/h7,10-11,14,16,19-20,23-25,27,29,32,35,49H,4-6,8-9,12-13,15,17-18,21-22,26,28,30-31,33-34,36-48H2,1-3H3/b10-7-,14-11-,19-16-,23-20-,25-24-,29-27-,35-32-. The molecule has 1 unspecified atom stereocenters. The number of allylic oxidation sites excluding steroid dienone is 14. The van der Waals surface area contributed by atoms with Crippen molar-refractivity contribution in [3.8, 4) is 0 Å². The van der Waals surface area contributed by atoms with Crippen molar-refractivity contribution in [2.75, 3.05) is 19.8 Å². The van der Waals surface area contributed by atoms with Crippen molar-refractivity contribution >= 4 is 11.9 Å². The lowest BCUT2D eigenvalue weighted by atomic mass is 10.1. The summed E-state index contributed by atoms with van der Waals surface area (Å²) in [5, 5.41) is 0. The number of carbonyl (C=O) groups excluding carboxylic acids is 2. The maximum absolute atomic E-state index is 12.7. The molecule has 0 bridgehead atoms. The summed E-state index contributed by atoms with van der Waals surface area (Å²) in [7, 11) is 0. The molecule has 320 valence electrons. The first-order valence-electron chi connectivity index (χ1n) is 23.1. The fourth-order valence-corrected chi connectivity index (χ4v) is 5.99. The summed E-state index contributed by atoms with van der Waals surface area (Å²) in [6.45, 7) is 7.56. The highest BCUT2D eigenvalue weighted by Crippen LogP contribution is 2.12. The van der Waals surface area contributed by atoms with Gasteiger partial charge in [0, 0.05) is 19.4 Å². The molecule has 0 rings (SSSR count). The van der Waals surface area contributed by atoms with Crippen LogP contribution in [0.5, 0.6) is 0 Å². The minimum atomic E-state index is -0.566. The third-order valence-corrected chi connectivity index (χ3v) is 9.40. The van der Waals surface area contributed by atoms with Gasteiger partial charge in [-0.1, -0.05) is 189 Å². The lowest BCUT2D eigenvalue weighted by Crippen LogP contribution is -2.30. The Morgan fingerprint density at radius 2 is 0.857 bits per heavy atom. The summed E-state index contributed by atoms with van der Waals surface area (Å²) in [5.74, 6) is -0.484. The topological polar surface area (TPSA) is 61.8 Å². The average molecular weight is 779 g/mol. The molecule has 0 aliphatic carbocycles. The van der Waals surface area contributed by atoms with Gasteiger partial charge >= 0.3 is 11.9 Å². The fourth-order valence-electron chi connectivity index (χ4n) is 5.99.